The number of hydrogen-bond donors (Lipinski definition) is 1. The third kappa shape index (κ3) is 5.21. The molecule has 0 spiro atoms. The first-order valence-electron chi connectivity index (χ1n) is 9.33. The van der Waals surface area contributed by atoms with Crippen LogP contribution in [-0.2, 0) is 11.4 Å². The molecule has 0 saturated carbocycles. The Bertz CT molecular complexity index is 1320. The van der Waals surface area contributed by atoms with Crippen LogP contribution in [0.2, 0.25) is 25.1 Å². The summed E-state index contributed by atoms with van der Waals surface area (Å²) in [5.74, 6) is 1.21. The Morgan fingerprint density at radius 2 is 1.53 bits per heavy atom. The zero-order chi connectivity index (χ0) is 24.4. The number of carbonyl (C=O) groups excluding carboxylic acids is 1. The van der Waals surface area contributed by atoms with Gasteiger partial charge < -0.3 is 24.1 Å². The number of aromatic nitrogens is 2. The van der Waals surface area contributed by atoms with E-state index in [1.807, 2.05) is 0 Å². The van der Waals surface area contributed by atoms with Crippen LogP contribution in [-0.4, -0.2) is 22.7 Å². The number of nitrogens with two attached hydrogens (primary N) is 1. The molecule has 4 rings (SSSR count). The molecule has 0 atom stereocenters. The van der Waals surface area contributed by atoms with Gasteiger partial charge >= 0.3 is 0 Å². The molecule has 0 fully saturated rings. The molecule has 2 heterocycles. The van der Waals surface area contributed by atoms with Crippen LogP contribution in [0.5, 0.6) is 11.5 Å². The van der Waals surface area contributed by atoms with Gasteiger partial charge in [0.15, 0.2) is 18.1 Å². The highest BCUT2D eigenvalue weighted by molar-refractivity contribution is 6.55. The summed E-state index contributed by atoms with van der Waals surface area (Å²) in [5.41, 5.74) is 5.72. The molecule has 13 heteroatoms. The Labute approximate surface area is 217 Å². The zero-order valence-electron chi connectivity index (χ0n) is 16.8. The summed E-state index contributed by atoms with van der Waals surface area (Å²) in [7, 11) is 0. The summed E-state index contributed by atoms with van der Waals surface area (Å²) in [6.07, 6.45) is 0. The van der Waals surface area contributed by atoms with Gasteiger partial charge in [-0.15, -0.1) is 0 Å². The van der Waals surface area contributed by atoms with Gasteiger partial charge in [0.05, 0.1) is 15.1 Å². The molecule has 2 N–H and O–H groups in total. The number of benzene rings is 2. The van der Waals surface area contributed by atoms with E-state index in [9.17, 15) is 4.79 Å². The fourth-order valence-corrected chi connectivity index (χ4v) is 3.95. The van der Waals surface area contributed by atoms with E-state index in [2.05, 4.69) is 10.1 Å². The van der Waals surface area contributed by atoms with Gasteiger partial charge in [0.25, 0.3) is 11.8 Å². The molecule has 2 aromatic heterocycles. The maximum absolute atomic E-state index is 10.8. The maximum atomic E-state index is 10.8. The first-order chi connectivity index (χ1) is 16.2. The van der Waals surface area contributed by atoms with Crippen molar-refractivity contribution in [2.45, 2.75) is 6.61 Å². The largest absolute Gasteiger partial charge is 0.484 e. The van der Waals surface area contributed by atoms with Crippen LogP contribution in [0.4, 0.5) is 0 Å². The summed E-state index contributed by atoms with van der Waals surface area (Å²) in [4.78, 5) is 15.1. The van der Waals surface area contributed by atoms with Crippen molar-refractivity contribution in [3.05, 3.63) is 67.3 Å². The molecule has 0 radical (unpaired) electrons. The Kier molecular flexibility index (Phi) is 7.45. The van der Waals surface area contributed by atoms with Crippen molar-refractivity contribution in [2.75, 3.05) is 6.61 Å². The van der Waals surface area contributed by atoms with E-state index >= 15 is 0 Å². The Morgan fingerprint density at radius 3 is 2.18 bits per heavy atom. The van der Waals surface area contributed by atoms with Crippen LogP contribution in [0.15, 0.2) is 45.3 Å². The Morgan fingerprint density at radius 1 is 0.882 bits per heavy atom. The third-order valence-electron chi connectivity index (χ3n) is 4.32. The van der Waals surface area contributed by atoms with Crippen LogP contribution in [0.1, 0.15) is 5.76 Å². The molecule has 1 amide bonds. The van der Waals surface area contributed by atoms with E-state index in [1.165, 1.54) is 0 Å². The van der Waals surface area contributed by atoms with Gasteiger partial charge in [0.1, 0.15) is 28.2 Å². The molecule has 0 bridgehead atoms. The number of furan rings is 1. The number of amides is 1. The minimum atomic E-state index is -0.568. The average Bonchev–Trinajstić information content (AvgIpc) is 3.50. The average molecular weight is 564 g/mol. The topological polar surface area (TPSA) is 114 Å². The number of primary amides is 1. The van der Waals surface area contributed by atoms with Crippen LogP contribution < -0.4 is 15.2 Å². The number of nitrogens with zero attached hydrogens (tertiary/aromatic N) is 2. The fourth-order valence-electron chi connectivity index (χ4n) is 2.72. The molecule has 0 aliphatic carbocycles. The lowest BCUT2D eigenvalue weighted by Gasteiger charge is -2.12. The minimum absolute atomic E-state index is 0.0266. The molecule has 0 aliphatic rings. The predicted octanol–water partition coefficient (Wildman–Crippen LogP) is 6.71. The van der Waals surface area contributed by atoms with Crippen molar-refractivity contribution in [2.24, 2.45) is 5.73 Å². The molecule has 0 aliphatic heterocycles. The standard InChI is InChI=1S/C21H12Cl5N3O5/c22-14-15(23)17(25)19(18(26)16(14)24)32-7-11-5-6-12(33-11)21-28-20(29-34-21)9-1-3-10(4-2-9)31-8-13(27)30/h1-6H,7-8H2,(H2,27,30). The van der Waals surface area contributed by atoms with Crippen molar-refractivity contribution in [3.63, 3.8) is 0 Å². The number of rotatable bonds is 8. The second-order valence-electron chi connectivity index (χ2n) is 6.66. The zero-order valence-corrected chi connectivity index (χ0v) is 20.6. The van der Waals surface area contributed by atoms with Crippen LogP contribution in [0, 0.1) is 0 Å². The van der Waals surface area contributed by atoms with E-state index < -0.39 is 5.91 Å². The van der Waals surface area contributed by atoms with Gasteiger partial charge in [-0.2, -0.15) is 4.98 Å². The van der Waals surface area contributed by atoms with E-state index in [-0.39, 0.29) is 50.0 Å². The second-order valence-corrected chi connectivity index (χ2v) is 8.55. The molecule has 4 aromatic rings. The van der Waals surface area contributed by atoms with Crippen molar-refractivity contribution < 1.29 is 23.2 Å². The molecular weight excluding hydrogens is 552 g/mol. The lowest BCUT2D eigenvalue weighted by atomic mass is 10.2. The molecule has 0 unspecified atom stereocenters. The van der Waals surface area contributed by atoms with Gasteiger partial charge in [0.2, 0.25) is 5.82 Å². The first kappa shape index (κ1) is 24.5. The summed E-state index contributed by atoms with van der Waals surface area (Å²) in [6.45, 7) is -0.256. The normalized spacial score (nSPS) is 11.0. The molecule has 0 saturated heterocycles. The maximum Gasteiger partial charge on any atom is 0.293 e. The summed E-state index contributed by atoms with van der Waals surface area (Å²) >= 11 is 30.4. The van der Waals surface area contributed by atoms with E-state index in [0.717, 1.165) is 0 Å². The highest BCUT2D eigenvalue weighted by atomic mass is 35.5. The fraction of sp³-hybridized carbons (Fsp3) is 0.0952. The molecule has 176 valence electrons. The van der Waals surface area contributed by atoms with E-state index in [1.54, 1.807) is 36.4 Å². The van der Waals surface area contributed by atoms with E-state index in [0.29, 0.717) is 28.7 Å². The smallest absolute Gasteiger partial charge is 0.293 e. The van der Waals surface area contributed by atoms with Gasteiger partial charge in [-0.25, -0.2) is 0 Å². The van der Waals surface area contributed by atoms with Crippen LogP contribution >= 0.6 is 58.0 Å². The monoisotopic (exact) mass is 561 g/mol. The predicted molar refractivity (Wildman–Crippen MR) is 128 cm³/mol. The van der Waals surface area contributed by atoms with Gasteiger partial charge in [-0.1, -0.05) is 63.2 Å². The number of hydrogen-bond acceptors (Lipinski definition) is 7. The Hall–Kier alpha value is -2.62. The summed E-state index contributed by atoms with van der Waals surface area (Å²) in [6, 6.07) is 10.0. The lowest BCUT2D eigenvalue weighted by Crippen LogP contribution is -2.19. The van der Waals surface area contributed by atoms with Gasteiger partial charge in [-0.05, 0) is 36.4 Å². The molecule has 2 aromatic carbocycles. The SMILES string of the molecule is NC(=O)COc1ccc(-c2noc(-c3ccc(COc4c(Cl)c(Cl)c(Cl)c(Cl)c4Cl)o3)n2)cc1. The van der Waals surface area contributed by atoms with Gasteiger partial charge in [-0.3, -0.25) is 4.79 Å². The quantitative estimate of drug-likeness (QED) is 0.187. The highest BCUT2D eigenvalue weighted by Crippen LogP contribution is 2.48. The number of carbonyl (C=O) groups is 1. The summed E-state index contributed by atoms with van der Waals surface area (Å²) in [5, 5.41) is 4.09. The number of ether oxygens (including phenoxy) is 2. The molecule has 8 nitrogen and oxygen atoms in total. The first-order valence-corrected chi connectivity index (χ1v) is 11.2. The minimum Gasteiger partial charge on any atom is -0.484 e. The van der Waals surface area contributed by atoms with Crippen molar-refractivity contribution in [1.29, 1.82) is 0 Å². The van der Waals surface area contributed by atoms with Crippen molar-refractivity contribution in [1.82, 2.24) is 10.1 Å². The van der Waals surface area contributed by atoms with Crippen molar-refractivity contribution >= 4 is 63.9 Å². The lowest BCUT2D eigenvalue weighted by molar-refractivity contribution is -0.119. The van der Waals surface area contributed by atoms with Crippen LogP contribution in [0.25, 0.3) is 23.0 Å². The number of halogens is 5. The third-order valence-corrected chi connectivity index (χ3v) is 6.56. The van der Waals surface area contributed by atoms with E-state index in [4.69, 9.17) is 82.2 Å². The summed E-state index contributed by atoms with van der Waals surface area (Å²) < 4.78 is 21.9. The Balaban J connectivity index is 1.45. The van der Waals surface area contributed by atoms with Crippen molar-refractivity contribution in [3.8, 4) is 34.5 Å². The second kappa shape index (κ2) is 10.3. The van der Waals surface area contributed by atoms with Gasteiger partial charge in [0, 0.05) is 5.56 Å². The highest BCUT2D eigenvalue weighted by Gasteiger charge is 2.21. The molecular formula is C21H12Cl5N3O5. The molecule has 34 heavy (non-hydrogen) atoms. The van der Waals surface area contributed by atoms with Crippen LogP contribution in [0.3, 0.4) is 0 Å².